The number of rotatable bonds is 7. The molecule has 5 aromatic rings. The zero-order chi connectivity index (χ0) is 33.0. The second-order valence-corrected chi connectivity index (χ2v) is 13.6. The van der Waals surface area contributed by atoms with Crippen molar-refractivity contribution in [2.75, 3.05) is 13.6 Å². The summed E-state index contributed by atoms with van der Waals surface area (Å²) < 4.78 is 15.8. The highest BCUT2D eigenvalue weighted by atomic mass is 16.5. The molecule has 248 valence electrons. The number of ketones is 1. The van der Waals surface area contributed by atoms with Crippen molar-refractivity contribution in [1.82, 2.24) is 39.4 Å². The molecule has 0 bridgehead atoms. The maximum absolute atomic E-state index is 13.7. The van der Waals surface area contributed by atoms with Crippen molar-refractivity contribution in [3.63, 3.8) is 0 Å². The van der Waals surface area contributed by atoms with Gasteiger partial charge in [0.2, 0.25) is 5.88 Å². The lowest BCUT2D eigenvalue weighted by molar-refractivity contribution is -0.128. The summed E-state index contributed by atoms with van der Waals surface area (Å²) >= 11 is 0. The van der Waals surface area contributed by atoms with E-state index in [2.05, 4.69) is 29.0 Å². The van der Waals surface area contributed by atoms with Crippen LogP contribution in [0.15, 0.2) is 58.2 Å². The molecule has 6 heterocycles. The molecule has 0 aromatic carbocycles. The molecule has 0 unspecified atom stereocenters. The number of likely N-dealkylation sites (tertiary alicyclic amines) is 1. The SMILES string of the molecule is C[C@H](Oc1cc(-n2cc3ccn([C@@H](C)c4ccccn4)c(=O)c3n2)nc(-c2noc3c2CCC[C@@]32CCCCC2=O)n1)[C@@H]1CCCN1C. The number of hydrogen-bond acceptors (Lipinski definition) is 10. The first kappa shape index (κ1) is 30.6. The Morgan fingerprint density at radius 2 is 1.92 bits per heavy atom. The highest BCUT2D eigenvalue weighted by Gasteiger charge is 2.48. The Balaban J connectivity index is 1.22. The Hall–Kier alpha value is -4.71. The number of ether oxygens (including phenoxy) is 1. The van der Waals surface area contributed by atoms with Crippen molar-refractivity contribution in [1.29, 1.82) is 0 Å². The molecular formula is C36H40N8O4. The maximum atomic E-state index is 13.7. The van der Waals surface area contributed by atoms with Gasteiger partial charge in [-0.05, 0) is 90.6 Å². The monoisotopic (exact) mass is 648 g/mol. The van der Waals surface area contributed by atoms with E-state index >= 15 is 0 Å². The summed E-state index contributed by atoms with van der Waals surface area (Å²) in [6.07, 6.45) is 13.0. The van der Waals surface area contributed by atoms with Crippen molar-refractivity contribution in [2.24, 2.45) is 0 Å². The quantitative estimate of drug-likeness (QED) is 0.231. The summed E-state index contributed by atoms with van der Waals surface area (Å²) in [6.45, 7) is 5.04. The van der Waals surface area contributed by atoms with Crippen LogP contribution in [0.1, 0.15) is 88.3 Å². The van der Waals surface area contributed by atoms with Gasteiger partial charge in [-0.1, -0.05) is 17.6 Å². The summed E-state index contributed by atoms with van der Waals surface area (Å²) in [4.78, 5) is 43.6. The predicted molar refractivity (Wildman–Crippen MR) is 178 cm³/mol. The Bertz CT molecular complexity index is 2050. The summed E-state index contributed by atoms with van der Waals surface area (Å²) in [5.74, 6) is 2.10. The third-order valence-corrected chi connectivity index (χ3v) is 10.7. The van der Waals surface area contributed by atoms with Gasteiger partial charge in [-0.2, -0.15) is 10.1 Å². The molecular weight excluding hydrogens is 608 g/mol. The molecule has 12 nitrogen and oxygen atoms in total. The second kappa shape index (κ2) is 12.1. The lowest BCUT2D eigenvalue weighted by Crippen LogP contribution is -2.41. The first-order valence-electron chi connectivity index (χ1n) is 17.1. The number of aromatic nitrogens is 7. The van der Waals surface area contributed by atoms with E-state index in [0.29, 0.717) is 46.3 Å². The van der Waals surface area contributed by atoms with Crippen LogP contribution < -0.4 is 10.3 Å². The van der Waals surface area contributed by atoms with Gasteiger partial charge in [0.15, 0.2) is 28.6 Å². The standard InChI is InChI=1S/C36H40N8O4/c1-22(26-11-5-7-17-37-26)43-19-14-24-21-44(40-31(24)35(43)46)29-20-30(47-23(2)27-12-9-18-42(27)3)39-34(38-29)32-25-10-8-16-36(33(25)48-41-32)15-6-4-13-28(36)45/h5,7,11,14,17,19-23,27H,4,6,8-10,12-13,15-16,18H2,1-3H3/t22-,23-,27-,36+/m0/s1. The number of nitrogens with zero attached hydrogens (tertiary/aromatic N) is 8. The van der Waals surface area contributed by atoms with Crippen LogP contribution in [-0.4, -0.2) is 70.9 Å². The lowest BCUT2D eigenvalue weighted by Gasteiger charge is -2.36. The molecule has 1 saturated heterocycles. The zero-order valence-electron chi connectivity index (χ0n) is 27.6. The molecule has 0 N–H and O–H groups in total. The minimum atomic E-state index is -0.610. The summed E-state index contributed by atoms with van der Waals surface area (Å²) in [7, 11) is 2.12. The van der Waals surface area contributed by atoms with E-state index in [1.54, 1.807) is 33.9 Å². The van der Waals surface area contributed by atoms with E-state index in [-0.39, 0.29) is 29.5 Å². The molecule has 2 fully saturated rings. The van der Waals surface area contributed by atoms with Gasteiger partial charge in [0.05, 0.1) is 17.2 Å². The maximum Gasteiger partial charge on any atom is 0.279 e. The zero-order valence-corrected chi connectivity index (χ0v) is 27.6. The van der Waals surface area contributed by atoms with E-state index in [1.807, 2.05) is 31.2 Å². The second-order valence-electron chi connectivity index (χ2n) is 13.6. The van der Waals surface area contributed by atoms with Crippen molar-refractivity contribution in [2.45, 2.75) is 95.2 Å². The van der Waals surface area contributed by atoms with Crippen LogP contribution in [0.3, 0.4) is 0 Å². The molecule has 48 heavy (non-hydrogen) atoms. The number of fused-ring (bicyclic) bond motifs is 3. The number of carbonyl (C=O) groups is 1. The van der Waals surface area contributed by atoms with Crippen LogP contribution in [0.4, 0.5) is 0 Å². The number of Topliss-reactive ketones (excluding diaryl/α,β-unsaturated/α-hetero) is 1. The lowest BCUT2D eigenvalue weighted by atomic mass is 9.64. The number of likely N-dealkylation sites (N-methyl/N-ethyl adjacent to an activating group) is 1. The average molecular weight is 649 g/mol. The molecule has 2 aliphatic carbocycles. The fraction of sp³-hybridized carbons (Fsp3) is 0.472. The van der Waals surface area contributed by atoms with E-state index in [0.717, 1.165) is 69.2 Å². The normalized spacial score (nSPS) is 22.6. The van der Waals surface area contributed by atoms with E-state index in [1.165, 1.54) is 0 Å². The molecule has 0 radical (unpaired) electrons. The molecule has 3 aliphatic rings. The van der Waals surface area contributed by atoms with Crippen molar-refractivity contribution in [3.8, 4) is 23.2 Å². The van der Waals surface area contributed by atoms with E-state index < -0.39 is 5.41 Å². The largest absolute Gasteiger partial charge is 0.473 e. The van der Waals surface area contributed by atoms with Gasteiger partial charge in [0.1, 0.15) is 11.9 Å². The number of pyridine rings is 2. The fourth-order valence-electron chi connectivity index (χ4n) is 8.08. The fourth-order valence-corrected chi connectivity index (χ4v) is 8.08. The molecule has 8 rings (SSSR count). The van der Waals surface area contributed by atoms with E-state index in [4.69, 9.17) is 24.3 Å². The first-order valence-corrected chi connectivity index (χ1v) is 17.1. The topological polar surface area (TPSA) is 134 Å². The van der Waals surface area contributed by atoms with Gasteiger partial charge < -0.3 is 13.8 Å². The Morgan fingerprint density at radius 1 is 1.04 bits per heavy atom. The summed E-state index contributed by atoms with van der Waals surface area (Å²) in [5.41, 5.74) is 1.71. The molecule has 1 aliphatic heterocycles. The van der Waals surface area contributed by atoms with Crippen LogP contribution in [0.5, 0.6) is 5.88 Å². The summed E-state index contributed by atoms with van der Waals surface area (Å²) in [6, 6.07) is 9.30. The Labute approximate surface area is 278 Å². The van der Waals surface area contributed by atoms with Crippen LogP contribution in [0.2, 0.25) is 0 Å². The van der Waals surface area contributed by atoms with E-state index in [9.17, 15) is 9.59 Å². The Morgan fingerprint density at radius 3 is 2.71 bits per heavy atom. The van der Waals surface area contributed by atoms with Crippen molar-refractivity contribution >= 4 is 16.7 Å². The third kappa shape index (κ3) is 5.13. The highest BCUT2D eigenvalue weighted by molar-refractivity contribution is 5.91. The van der Waals surface area contributed by atoms with Crippen LogP contribution >= 0.6 is 0 Å². The minimum absolute atomic E-state index is 0.126. The van der Waals surface area contributed by atoms with Gasteiger partial charge in [-0.25, -0.2) is 9.67 Å². The number of carbonyl (C=O) groups excluding carboxylic acids is 1. The first-order chi connectivity index (χ1) is 23.3. The molecule has 1 spiro atoms. The van der Waals surface area contributed by atoms with Gasteiger partial charge in [-0.15, -0.1) is 0 Å². The molecule has 4 atom stereocenters. The van der Waals surface area contributed by atoms with Crippen LogP contribution in [0.25, 0.3) is 28.2 Å². The predicted octanol–water partition coefficient (Wildman–Crippen LogP) is 5.22. The van der Waals surface area contributed by atoms with Crippen molar-refractivity contribution < 1.29 is 14.1 Å². The highest BCUT2D eigenvalue weighted by Crippen LogP contribution is 2.47. The molecule has 12 heteroatoms. The minimum Gasteiger partial charge on any atom is -0.473 e. The van der Waals surface area contributed by atoms with Gasteiger partial charge in [0.25, 0.3) is 5.56 Å². The molecule has 0 amide bonds. The van der Waals surface area contributed by atoms with Crippen LogP contribution in [0, 0.1) is 0 Å². The molecule has 1 saturated carbocycles. The third-order valence-electron chi connectivity index (χ3n) is 10.7. The Kier molecular flexibility index (Phi) is 7.70. The van der Waals surface area contributed by atoms with Gasteiger partial charge in [-0.3, -0.25) is 19.5 Å². The number of hydrogen-bond donors (Lipinski definition) is 0. The van der Waals surface area contributed by atoms with Crippen molar-refractivity contribution in [3.05, 3.63) is 76.3 Å². The summed E-state index contributed by atoms with van der Waals surface area (Å²) in [5, 5.41) is 9.93. The van der Waals surface area contributed by atoms with Gasteiger partial charge >= 0.3 is 0 Å². The molecule has 5 aromatic heterocycles. The van der Waals surface area contributed by atoms with Gasteiger partial charge in [0, 0.05) is 48.1 Å². The average Bonchev–Trinajstić information content (AvgIpc) is 3.85. The van der Waals surface area contributed by atoms with Crippen LogP contribution in [-0.2, 0) is 16.6 Å². The smallest absolute Gasteiger partial charge is 0.279 e.